The van der Waals surface area contributed by atoms with Gasteiger partial charge in [-0.3, -0.25) is 0 Å². The molecule has 1 heterocycles. The fourth-order valence-corrected chi connectivity index (χ4v) is 3.54. The van der Waals surface area contributed by atoms with Gasteiger partial charge in [0.2, 0.25) is 0 Å². The molecule has 1 N–H and O–H groups in total. The summed E-state index contributed by atoms with van der Waals surface area (Å²) in [5, 5.41) is 4.42. The normalized spacial score (nSPS) is 25.0. The molecule has 0 aromatic heterocycles. The number of halogens is 1. The summed E-state index contributed by atoms with van der Waals surface area (Å²) in [5.74, 6) is 0.886. The highest BCUT2D eigenvalue weighted by Crippen LogP contribution is 2.25. The maximum atomic E-state index is 6.00. The molecule has 0 bridgehead atoms. The van der Waals surface area contributed by atoms with E-state index in [1.54, 1.807) is 0 Å². The summed E-state index contributed by atoms with van der Waals surface area (Å²) in [4.78, 5) is 2.65. The smallest absolute Gasteiger partial charge is 0.0406 e. The average Bonchev–Trinajstić information content (AvgIpc) is 2.46. The van der Waals surface area contributed by atoms with E-state index < -0.39 is 0 Å². The largest absolute Gasteiger partial charge is 0.310 e. The summed E-state index contributed by atoms with van der Waals surface area (Å²) in [6, 6.07) is 9.44. The Morgan fingerprint density at radius 1 is 1.29 bits per heavy atom. The molecule has 1 aromatic carbocycles. The first-order valence-electron chi connectivity index (χ1n) is 8.33. The first-order chi connectivity index (χ1) is 10.1. The fraction of sp³-hybridized carbons (Fsp3) is 0.667. The Bertz CT molecular complexity index is 418. The minimum Gasteiger partial charge on any atom is -0.310 e. The van der Waals surface area contributed by atoms with Gasteiger partial charge in [-0.1, -0.05) is 37.6 Å². The molecule has 3 unspecified atom stereocenters. The third-order valence-electron chi connectivity index (χ3n) is 4.70. The summed E-state index contributed by atoms with van der Waals surface area (Å²) in [6.07, 6.45) is 3.85. The summed E-state index contributed by atoms with van der Waals surface area (Å²) >= 11 is 6.00. The van der Waals surface area contributed by atoms with E-state index in [0.29, 0.717) is 6.04 Å². The van der Waals surface area contributed by atoms with Crippen molar-refractivity contribution in [3.05, 3.63) is 34.9 Å². The Labute approximate surface area is 134 Å². The second-order valence-electron chi connectivity index (χ2n) is 6.47. The van der Waals surface area contributed by atoms with Crippen molar-refractivity contribution < 1.29 is 0 Å². The number of rotatable bonds is 6. The van der Waals surface area contributed by atoms with Crippen LogP contribution < -0.4 is 5.32 Å². The van der Waals surface area contributed by atoms with Crippen molar-refractivity contribution in [2.45, 2.75) is 52.1 Å². The molecule has 21 heavy (non-hydrogen) atoms. The zero-order valence-electron chi connectivity index (χ0n) is 13.6. The molecule has 3 atom stereocenters. The van der Waals surface area contributed by atoms with Crippen LogP contribution >= 0.6 is 11.6 Å². The van der Waals surface area contributed by atoms with Crippen LogP contribution in [0.25, 0.3) is 0 Å². The molecule has 3 heteroatoms. The van der Waals surface area contributed by atoms with Crippen LogP contribution in [0.4, 0.5) is 0 Å². The Morgan fingerprint density at radius 2 is 2.00 bits per heavy atom. The molecule has 0 saturated carbocycles. The maximum Gasteiger partial charge on any atom is 0.0406 e. The van der Waals surface area contributed by atoms with Crippen molar-refractivity contribution in [1.82, 2.24) is 10.2 Å². The van der Waals surface area contributed by atoms with E-state index in [-0.39, 0.29) is 0 Å². The van der Waals surface area contributed by atoms with Crippen molar-refractivity contribution in [1.29, 1.82) is 0 Å². The van der Waals surface area contributed by atoms with Gasteiger partial charge in [-0.2, -0.15) is 0 Å². The first-order valence-corrected chi connectivity index (χ1v) is 8.70. The van der Waals surface area contributed by atoms with Crippen LogP contribution in [-0.4, -0.2) is 30.6 Å². The molecule has 118 valence electrons. The van der Waals surface area contributed by atoms with Crippen LogP contribution in [0.5, 0.6) is 0 Å². The van der Waals surface area contributed by atoms with Crippen LogP contribution in [0.3, 0.4) is 0 Å². The minimum absolute atomic E-state index is 0.429. The zero-order chi connectivity index (χ0) is 15.2. The quantitative estimate of drug-likeness (QED) is 0.832. The first kappa shape index (κ1) is 16.8. The predicted molar refractivity (Wildman–Crippen MR) is 91.9 cm³/mol. The number of likely N-dealkylation sites (tertiary alicyclic amines) is 1. The van der Waals surface area contributed by atoms with Crippen LogP contribution in [0.2, 0.25) is 5.02 Å². The van der Waals surface area contributed by atoms with E-state index >= 15 is 0 Å². The van der Waals surface area contributed by atoms with Gasteiger partial charge < -0.3 is 10.2 Å². The van der Waals surface area contributed by atoms with Gasteiger partial charge in [-0.25, -0.2) is 0 Å². The molecular weight excluding hydrogens is 280 g/mol. The molecule has 2 nitrogen and oxygen atoms in total. The Balaban J connectivity index is 1.92. The highest BCUT2D eigenvalue weighted by atomic mass is 35.5. The molecule has 1 aliphatic heterocycles. The minimum atomic E-state index is 0.429. The highest BCUT2D eigenvalue weighted by molar-refractivity contribution is 6.30. The van der Waals surface area contributed by atoms with Crippen molar-refractivity contribution >= 4 is 11.6 Å². The number of hydrogen-bond acceptors (Lipinski definition) is 2. The molecule has 2 rings (SSSR count). The van der Waals surface area contributed by atoms with Crippen molar-refractivity contribution in [2.75, 3.05) is 19.6 Å². The molecule has 0 spiro atoms. The van der Waals surface area contributed by atoms with E-state index in [1.807, 2.05) is 12.1 Å². The van der Waals surface area contributed by atoms with Crippen LogP contribution in [-0.2, 0) is 0 Å². The Morgan fingerprint density at radius 3 is 2.62 bits per heavy atom. The standard InChI is InChI=1S/C18H29ClN2/c1-4-20-18(16-5-7-17(19)8-6-16)10-12-21-11-9-14(2)13-15(21)3/h5-8,14-15,18,20H,4,9-13H2,1-3H3. The lowest BCUT2D eigenvalue weighted by Crippen LogP contribution is -2.41. The molecular formula is C18H29ClN2. The predicted octanol–water partition coefficient (Wildman–Crippen LogP) is 4.50. The monoisotopic (exact) mass is 308 g/mol. The molecule has 1 fully saturated rings. The van der Waals surface area contributed by atoms with Gasteiger partial charge in [0.1, 0.15) is 0 Å². The molecule has 1 aliphatic rings. The van der Waals surface area contributed by atoms with E-state index in [2.05, 4.69) is 43.1 Å². The van der Waals surface area contributed by atoms with Gasteiger partial charge in [0.15, 0.2) is 0 Å². The van der Waals surface area contributed by atoms with Gasteiger partial charge in [-0.15, -0.1) is 0 Å². The molecule has 0 amide bonds. The van der Waals surface area contributed by atoms with Gasteiger partial charge >= 0.3 is 0 Å². The highest BCUT2D eigenvalue weighted by Gasteiger charge is 2.23. The number of hydrogen-bond donors (Lipinski definition) is 1. The van der Waals surface area contributed by atoms with E-state index in [1.165, 1.54) is 31.5 Å². The number of nitrogens with zero attached hydrogens (tertiary/aromatic N) is 1. The molecule has 1 saturated heterocycles. The SMILES string of the molecule is CCNC(CCN1CCC(C)CC1C)c1ccc(Cl)cc1. The molecule has 0 radical (unpaired) electrons. The van der Waals surface area contributed by atoms with E-state index in [9.17, 15) is 0 Å². The van der Waals surface area contributed by atoms with Crippen molar-refractivity contribution in [2.24, 2.45) is 5.92 Å². The second-order valence-corrected chi connectivity index (χ2v) is 6.90. The van der Waals surface area contributed by atoms with Crippen LogP contribution in [0, 0.1) is 5.92 Å². The van der Waals surface area contributed by atoms with Crippen molar-refractivity contribution in [3.63, 3.8) is 0 Å². The van der Waals surface area contributed by atoms with Gasteiger partial charge in [0.05, 0.1) is 0 Å². The second kappa shape index (κ2) is 8.17. The maximum absolute atomic E-state index is 6.00. The molecule has 1 aromatic rings. The van der Waals surface area contributed by atoms with Gasteiger partial charge in [-0.05, 0) is 62.9 Å². The third kappa shape index (κ3) is 4.98. The lowest BCUT2D eigenvalue weighted by Gasteiger charge is -2.37. The van der Waals surface area contributed by atoms with Gasteiger partial charge in [0, 0.05) is 23.7 Å². The van der Waals surface area contributed by atoms with Crippen LogP contribution in [0.1, 0.15) is 51.6 Å². The van der Waals surface area contributed by atoms with Gasteiger partial charge in [0.25, 0.3) is 0 Å². The van der Waals surface area contributed by atoms with Crippen molar-refractivity contribution in [3.8, 4) is 0 Å². The summed E-state index contributed by atoms with van der Waals surface area (Å²) < 4.78 is 0. The zero-order valence-corrected chi connectivity index (χ0v) is 14.4. The summed E-state index contributed by atoms with van der Waals surface area (Å²) in [6.45, 7) is 10.4. The third-order valence-corrected chi connectivity index (χ3v) is 4.96. The van der Waals surface area contributed by atoms with Crippen LogP contribution in [0.15, 0.2) is 24.3 Å². The van der Waals surface area contributed by atoms with E-state index in [0.717, 1.165) is 29.9 Å². The number of piperidine rings is 1. The molecule has 0 aliphatic carbocycles. The average molecular weight is 309 g/mol. The number of nitrogens with one attached hydrogen (secondary N) is 1. The lowest BCUT2D eigenvalue weighted by molar-refractivity contribution is 0.124. The Kier molecular flexibility index (Phi) is 6.53. The fourth-order valence-electron chi connectivity index (χ4n) is 3.41. The Hall–Kier alpha value is -0.570. The lowest BCUT2D eigenvalue weighted by atomic mass is 9.93. The topological polar surface area (TPSA) is 15.3 Å². The van der Waals surface area contributed by atoms with E-state index in [4.69, 9.17) is 11.6 Å². The summed E-state index contributed by atoms with van der Waals surface area (Å²) in [5.41, 5.74) is 1.35. The number of benzene rings is 1. The summed E-state index contributed by atoms with van der Waals surface area (Å²) in [7, 11) is 0.